The van der Waals surface area contributed by atoms with Crippen LogP contribution >= 0.6 is 0 Å². The van der Waals surface area contributed by atoms with Gasteiger partial charge in [-0.3, -0.25) is 4.90 Å². The molecule has 0 aromatic rings. The molecule has 2 nitrogen and oxygen atoms in total. The zero-order valence-electron chi connectivity index (χ0n) is 12.8. The Labute approximate surface area is 114 Å². The Morgan fingerprint density at radius 2 is 1.78 bits per heavy atom. The van der Waals surface area contributed by atoms with Gasteiger partial charge in [-0.25, -0.2) is 0 Å². The van der Waals surface area contributed by atoms with Gasteiger partial charge in [-0.1, -0.05) is 40.5 Å². The predicted octanol–water partition coefficient (Wildman–Crippen LogP) is 3.28. The number of rotatable bonds is 4. The third kappa shape index (κ3) is 3.48. The summed E-state index contributed by atoms with van der Waals surface area (Å²) >= 11 is 0. The van der Waals surface area contributed by atoms with Gasteiger partial charge in [0.1, 0.15) is 0 Å². The van der Waals surface area contributed by atoms with Crippen LogP contribution in [0.5, 0.6) is 0 Å². The Bertz CT molecular complexity index is 254. The predicted molar refractivity (Wildman–Crippen MR) is 78.9 cm³/mol. The average Bonchev–Trinajstić information content (AvgIpc) is 2.70. The maximum absolute atomic E-state index is 3.91. The molecule has 2 aliphatic rings. The first-order valence-corrected chi connectivity index (χ1v) is 8.00. The fourth-order valence-corrected chi connectivity index (χ4v) is 3.88. The van der Waals surface area contributed by atoms with Gasteiger partial charge in [-0.15, -0.1) is 0 Å². The van der Waals surface area contributed by atoms with Crippen LogP contribution in [0.2, 0.25) is 0 Å². The highest BCUT2D eigenvalue weighted by atomic mass is 15.3. The largest absolute Gasteiger partial charge is 0.308 e. The number of nitrogens with zero attached hydrogens (tertiary/aromatic N) is 1. The molecule has 1 aliphatic carbocycles. The summed E-state index contributed by atoms with van der Waals surface area (Å²) in [4.78, 5) is 2.80. The molecule has 18 heavy (non-hydrogen) atoms. The van der Waals surface area contributed by atoms with Crippen LogP contribution in [-0.4, -0.2) is 36.1 Å². The summed E-state index contributed by atoms with van der Waals surface area (Å²) < 4.78 is 0. The lowest BCUT2D eigenvalue weighted by molar-refractivity contribution is 0.0599. The number of hydrogen-bond acceptors (Lipinski definition) is 2. The molecule has 1 heterocycles. The van der Waals surface area contributed by atoms with Gasteiger partial charge in [0.25, 0.3) is 0 Å². The Kier molecular flexibility index (Phi) is 4.71. The molecule has 1 N–H and O–H groups in total. The van der Waals surface area contributed by atoms with Crippen LogP contribution in [0.3, 0.4) is 0 Å². The summed E-state index contributed by atoms with van der Waals surface area (Å²) in [6, 6.07) is 0.763. The van der Waals surface area contributed by atoms with Crippen molar-refractivity contribution in [3.63, 3.8) is 0 Å². The Morgan fingerprint density at radius 3 is 2.33 bits per heavy atom. The molecule has 1 unspecified atom stereocenters. The maximum Gasteiger partial charge on any atom is 0.0309 e. The highest BCUT2D eigenvalue weighted by molar-refractivity contribution is 5.01. The smallest absolute Gasteiger partial charge is 0.0309 e. The van der Waals surface area contributed by atoms with Gasteiger partial charge in [-0.2, -0.15) is 0 Å². The van der Waals surface area contributed by atoms with Gasteiger partial charge in [-0.05, 0) is 31.1 Å². The van der Waals surface area contributed by atoms with Crippen molar-refractivity contribution < 1.29 is 0 Å². The van der Waals surface area contributed by atoms with E-state index in [-0.39, 0.29) is 0 Å². The highest BCUT2D eigenvalue weighted by Gasteiger charge is 2.40. The standard InChI is InChI=1S/C16H32N2/c1-13(2)9-15-10-17-16(7-5-6-8-16)12-18(15)11-14(3)4/h13-15,17H,5-12H2,1-4H3. The molecule has 1 saturated carbocycles. The SMILES string of the molecule is CC(C)CC1CNC2(CCCC2)CN1CC(C)C. The molecule has 2 fully saturated rings. The third-order valence-corrected chi connectivity index (χ3v) is 4.64. The lowest BCUT2D eigenvalue weighted by Gasteiger charge is -2.47. The third-order valence-electron chi connectivity index (χ3n) is 4.64. The van der Waals surface area contributed by atoms with E-state index in [9.17, 15) is 0 Å². The van der Waals surface area contributed by atoms with E-state index >= 15 is 0 Å². The Balaban J connectivity index is 2.00. The lowest BCUT2D eigenvalue weighted by Crippen LogP contribution is -2.63. The summed E-state index contributed by atoms with van der Waals surface area (Å²) in [6.45, 7) is 13.2. The minimum absolute atomic E-state index is 0.475. The first kappa shape index (κ1) is 14.3. The van der Waals surface area contributed by atoms with E-state index in [1.807, 2.05) is 0 Å². The monoisotopic (exact) mass is 252 g/mol. The zero-order chi connectivity index (χ0) is 13.2. The first-order chi connectivity index (χ1) is 8.51. The molecule has 106 valence electrons. The van der Waals surface area contributed by atoms with Gasteiger partial charge >= 0.3 is 0 Å². The molecule has 0 amide bonds. The molecule has 0 aromatic heterocycles. The molecule has 0 aromatic carbocycles. The van der Waals surface area contributed by atoms with Crippen LogP contribution < -0.4 is 5.32 Å². The van der Waals surface area contributed by atoms with Crippen molar-refractivity contribution >= 4 is 0 Å². The summed E-state index contributed by atoms with van der Waals surface area (Å²) in [5.41, 5.74) is 0.475. The molecule has 0 radical (unpaired) electrons. The second-order valence-corrected chi connectivity index (χ2v) is 7.48. The van der Waals surface area contributed by atoms with Crippen molar-refractivity contribution in [3.8, 4) is 0 Å². The molecule has 1 aliphatic heterocycles. The maximum atomic E-state index is 3.91. The number of piperazine rings is 1. The molecule has 1 spiro atoms. The van der Waals surface area contributed by atoms with Crippen LogP contribution in [0, 0.1) is 11.8 Å². The van der Waals surface area contributed by atoms with E-state index in [0.29, 0.717) is 5.54 Å². The van der Waals surface area contributed by atoms with Gasteiger partial charge in [0.2, 0.25) is 0 Å². The topological polar surface area (TPSA) is 15.3 Å². The molecule has 0 bridgehead atoms. The molecule has 2 rings (SSSR count). The van der Waals surface area contributed by atoms with Crippen LogP contribution in [-0.2, 0) is 0 Å². The normalized spacial score (nSPS) is 28.7. The fourth-order valence-electron chi connectivity index (χ4n) is 3.88. The van der Waals surface area contributed by atoms with Crippen molar-refractivity contribution in [2.75, 3.05) is 19.6 Å². The molecule has 1 saturated heterocycles. The van der Waals surface area contributed by atoms with E-state index in [2.05, 4.69) is 37.9 Å². The van der Waals surface area contributed by atoms with E-state index in [1.165, 1.54) is 51.7 Å². The summed E-state index contributed by atoms with van der Waals surface area (Å²) in [5, 5.41) is 3.91. The van der Waals surface area contributed by atoms with Gasteiger partial charge in [0, 0.05) is 31.2 Å². The second kappa shape index (κ2) is 5.92. The van der Waals surface area contributed by atoms with Gasteiger partial charge in [0.05, 0.1) is 0 Å². The Morgan fingerprint density at radius 1 is 1.11 bits per heavy atom. The molecule has 2 heteroatoms. The van der Waals surface area contributed by atoms with Gasteiger partial charge < -0.3 is 5.32 Å². The molecular formula is C16H32N2. The first-order valence-electron chi connectivity index (χ1n) is 8.00. The quantitative estimate of drug-likeness (QED) is 0.826. The van der Waals surface area contributed by atoms with E-state index < -0.39 is 0 Å². The van der Waals surface area contributed by atoms with Gasteiger partial charge in [0.15, 0.2) is 0 Å². The Hall–Kier alpha value is -0.0800. The minimum atomic E-state index is 0.475. The van der Waals surface area contributed by atoms with Crippen LogP contribution in [0.4, 0.5) is 0 Å². The summed E-state index contributed by atoms with van der Waals surface area (Å²) in [6.07, 6.45) is 7.00. The van der Waals surface area contributed by atoms with Crippen molar-refractivity contribution in [2.24, 2.45) is 11.8 Å². The van der Waals surface area contributed by atoms with Crippen LogP contribution in [0.25, 0.3) is 0 Å². The highest BCUT2D eigenvalue weighted by Crippen LogP contribution is 2.34. The van der Waals surface area contributed by atoms with Crippen molar-refractivity contribution in [2.45, 2.75) is 71.4 Å². The summed E-state index contributed by atoms with van der Waals surface area (Å²) in [5.74, 6) is 1.60. The van der Waals surface area contributed by atoms with Crippen molar-refractivity contribution in [1.82, 2.24) is 10.2 Å². The number of hydrogen-bond donors (Lipinski definition) is 1. The molecular weight excluding hydrogens is 220 g/mol. The van der Waals surface area contributed by atoms with Crippen LogP contribution in [0.15, 0.2) is 0 Å². The molecule has 1 atom stereocenters. The second-order valence-electron chi connectivity index (χ2n) is 7.48. The number of nitrogens with one attached hydrogen (secondary N) is 1. The van der Waals surface area contributed by atoms with E-state index in [4.69, 9.17) is 0 Å². The zero-order valence-corrected chi connectivity index (χ0v) is 12.8. The van der Waals surface area contributed by atoms with Crippen molar-refractivity contribution in [1.29, 1.82) is 0 Å². The van der Waals surface area contributed by atoms with E-state index in [1.54, 1.807) is 0 Å². The van der Waals surface area contributed by atoms with Crippen LogP contribution in [0.1, 0.15) is 59.8 Å². The lowest BCUT2D eigenvalue weighted by atomic mass is 9.89. The fraction of sp³-hybridized carbons (Fsp3) is 1.00. The summed E-state index contributed by atoms with van der Waals surface area (Å²) in [7, 11) is 0. The van der Waals surface area contributed by atoms with E-state index in [0.717, 1.165) is 17.9 Å². The minimum Gasteiger partial charge on any atom is -0.308 e. The average molecular weight is 252 g/mol. The van der Waals surface area contributed by atoms with Crippen molar-refractivity contribution in [3.05, 3.63) is 0 Å².